The quantitative estimate of drug-likeness (QED) is 0.359. The van der Waals surface area contributed by atoms with Crippen molar-refractivity contribution in [3.05, 3.63) is 0 Å². The zero-order chi connectivity index (χ0) is 9.61. The summed E-state index contributed by atoms with van der Waals surface area (Å²) in [6.07, 6.45) is -0.645. The molecule has 0 aliphatic rings. The van der Waals surface area contributed by atoms with Gasteiger partial charge in [-0.1, -0.05) is 7.60 Å². The van der Waals surface area contributed by atoms with Gasteiger partial charge in [0, 0.05) is 19.4 Å². The standard InChI is InChI=1S/C5H14NO5P.2Na.3H2O/c7-3-1-6(2-4-8)5-12(9,10)11;;;;;/h7-8H,1-5H2,(H2,9,10,11);;;3*1H2/q;2*+1;;;/p-2. The number of rotatable bonds is 6. The Bertz CT molecular complexity index is 164. The van der Waals surface area contributed by atoms with Crippen LogP contribution in [-0.2, 0) is 4.57 Å². The van der Waals surface area contributed by atoms with Crippen molar-refractivity contribution in [2.24, 2.45) is 0 Å². The largest absolute Gasteiger partial charge is 1.00 e. The Labute approximate surface area is 144 Å². The van der Waals surface area contributed by atoms with Gasteiger partial charge in [-0.05, 0) is 0 Å². The van der Waals surface area contributed by atoms with Gasteiger partial charge in [0.2, 0.25) is 0 Å². The van der Waals surface area contributed by atoms with Gasteiger partial charge in [0.15, 0.2) is 0 Å². The van der Waals surface area contributed by atoms with E-state index in [0.717, 1.165) is 0 Å². The van der Waals surface area contributed by atoms with Gasteiger partial charge in [-0.3, -0.25) is 4.90 Å². The third-order valence-corrected chi connectivity index (χ3v) is 1.95. The Morgan fingerprint density at radius 1 is 0.941 bits per heavy atom. The van der Waals surface area contributed by atoms with E-state index in [0.29, 0.717) is 0 Å². The van der Waals surface area contributed by atoms with Crippen LogP contribution in [0.2, 0.25) is 0 Å². The zero-order valence-corrected chi connectivity index (χ0v) is 14.9. The average Bonchev–Trinajstić information content (AvgIpc) is 1.84. The molecule has 0 aromatic carbocycles. The van der Waals surface area contributed by atoms with Crippen LogP contribution in [0.4, 0.5) is 0 Å². The van der Waals surface area contributed by atoms with Crippen molar-refractivity contribution in [1.82, 2.24) is 4.90 Å². The van der Waals surface area contributed by atoms with Crippen LogP contribution in [0.1, 0.15) is 0 Å². The minimum absolute atomic E-state index is 0. The molecule has 0 saturated carbocycles. The second-order valence-corrected chi connectivity index (χ2v) is 3.82. The molecule has 12 heteroatoms. The first-order valence-corrected chi connectivity index (χ1v) is 5.17. The Hall–Kier alpha value is 1.91. The van der Waals surface area contributed by atoms with Crippen LogP contribution in [0, 0.1) is 0 Å². The molecule has 0 radical (unpaired) electrons. The van der Waals surface area contributed by atoms with E-state index in [2.05, 4.69) is 0 Å². The van der Waals surface area contributed by atoms with Gasteiger partial charge in [0.25, 0.3) is 0 Å². The molecule has 98 valence electrons. The van der Waals surface area contributed by atoms with Crippen molar-refractivity contribution in [2.75, 3.05) is 32.6 Å². The monoisotopic (exact) mass is 297 g/mol. The summed E-state index contributed by atoms with van der Waals surface area (Å²) in [5, 5.41) is 16.9. The molecule has 0 spiro atoms. The van der Waals surface area contributed by atoms with Crippen LogP contribution < -0.4 is 68.9 Å². The first-order valence-electron chi connectivity index (χ1n) is 3.45. The van der Waals surface area contributed by atoms with Crippen molar-refractivity contribution in [2.45, 2.75) is 0 Å². The van der Waals surface area contributed by atoms with Crippen molar-refractivity contribution in [1.29, 1.82) is 0 Å². The first kappa shape index (κ1) is 36.4. The number of aliphatic hydroxyl groups excluding tert-OH is 2. The Kier molecular flexibility index (Phi) is 43.3. The number of hydrogen-bond acceptors (Lipinski definition) is 6. The number of hydrogen-bond donors (Lipinski definition) is 2. The molecule has 17 heavy (non-hydrogen) atoms. The van der Waals surface area contributed by atoms with Crippen LogP contribution in [0.15, 0.2) is 0 Å². The van der Waals surface area contributed by atoms with E-state index in [1.54, 1.807) is 0 Å². The van der Waals surface area contributed by atoms with Gasteiger partial charge in [-0.25, -0.2) is 0 Å². The molecule has 8 N–H and O–H groups in total. The van der Waals surface area contributed by atoms with Crippen LogP contribution in [0.3, 0.4) is 0 Å². The third-order valence-electron chi connectivity index (χ3n) is 1.21. The summed E-state index contributed by atoms with van der Waals surface area (Å²) >= 11 is 0. The minimum atomic E-state index is -4.58. The minimum Gasteiger partial charge on any atom is -0.810 e. The molecule has 0 aromatic heterocycles. The molecular formula is C5H18NNa2O8P. The molecule has 0 aliphatic heterocycles. The van der Waals surface area contributed by atoms with Crippen molar-refractivity contribution in [3.8, 4) is 0 Å². The van der Waals surface area contributed by atoms with E-state index in [1.807, 2.05) is 0 Å². The smallest absolute Gasteiger partial charge is 0.810 e. The molecule has 0 fully saturated rings. The Balaban J connectivity index is -0.0000000605. The first-order chi connectivity index (χ1) is 5.49. The fourth-order valence-corrected chi connectivity index (χ4v) is 1.55. The Morgan fingerprint density at radius 3 is 1.41 bits per heavy atom. The molecule has 0 aliphatic carbocycles. The maximum Gasteiger partial charge on any atom is 1.00 e. The second-order valence-electron chi connectivity index (χ2n) is 2.32. The fraction of sp³-hybridized carbons (Fsp3) is 1.00. The summed E-state index contributed by atoms with van der Waals surface area (Å²) in [7, 11) is -4.58. The summed E-state index contributed by atoms with van der Waals surface area (Å²) in [4.78, 5) is 21.7. The summed E-state index contributed by atoms with van der Waals surface area (Å²) < 4.78 is 10.3. The van der Waals surface area contributed by atoms with E-state index < -0.39 is 13.9 Å². The molecular weight excluding hydrogens is 279 g/mol. The summed E-state index contributed by atoms with van der Waals surface area (Å²) in [5.74, 6) is 0. The van der Waals surface area contributed by atoms with E-state index in [4.69, 9.17) is 10.2 Å². The molecule has 0 bridgehead atoms. The Morgan fingerprint density at radius 2 is 1.24 bits per heavy atom. The maximum atomic E-state index is 10.3. The van der Waals surface area contributed by atoms with E-state index >= 15 is 0 Å². The van der Waals surface area contributed by atoms with Gasteiger partial charge >= 0.3 is 59.1 Å². The van der Waals surface area contributed by atoms with Crippen molar-refractivity contribution >= 4 is 7.60 Å². The van der Waals surface area contributed by atoms with Gasteiger partial charge in [-0.15, -0.1) is 0 Å². The van der Waals surface area contributed by atoms with E-state index in [1.165, 1.54) is 4.90 Å². The van der Waals surface area contributed by atoms with Gasteiger partial charge in [0.1, 0.15) is 0 Å². The predicted octanol–water partition coefficient (Wildman–Crippen LogP) is -11.3. The topological polar surface area (TPSA) is 201 Å². The molecule has 0 aromatic rings. The van der Waals surface area contributed by atoms with E-state index in [-0.39, 0.29) is 102 Å². The number of aliphatic hydroxyl groups is 2. The van der Waals surface area contributed by atoms with Gasteiger partial charge < -0.3 is 41.0 Å². The summed E-state index contributed by atoms with van der Waals surface area (Å²) in [6, 6.07) is 0. The second kappa shape index (κ2) is 20.2. The van der Waals surface area contributed by atoms with Crippen molar-refractivity contribution in [3.63, 3.8) is 0 Å². The van der Waals surface area contributed by atoms with Crippen LogP contribution in [-0.4, -0.2) is 64.1 Å². The summed E-state index contributed by atoms with van der Waals surface area (Å²) in [5.41, 5.74) is 0. The predicted molar refractivity (Wildman–Crippen MR) is 49.1 cm³/mol. The fourth-order valence-electron chi connectivity index (χ4n) is 0.781. The molecule has 0 saturated heterocycles. The zero-order valence-electron chi connectivity index (χ0n) is 10.0. The summed E-state index contributed by atoms with van der Waals surface area (Å²) in [6.45, 7) is -0.315. The van der Waals surface area contributed by atoms with Crippen molar-refractivity contribution < 1.29 is 100 Å². The van der Waals surface area contributed by atoms with Crippen LogP contribution >= 0.6 is 7.60 Å². The third kappa shape index (κ3) is 27.2. The number of nitrogens with zero attached hydrogens (tertiary/aromatic N) is 1. The molecule has 0 unspecified atom stereocenters. The van der Waals surface area contributed by atoms with Gasteiger partial charge in [-0.2, -0.15) is 0 Å². The molecule has 0 atom stereocenters. The van der Waals surface area contributed by atoms with Gasteiger partial charge in [0.05, 0.1) is 13.2 Å². The van der Waals surface area contributed by atoms with Crippen LogP contribution in [0.5, 0.6) is 0 Å². The maximum absolute atomic E-state index is 10.3. The molecule has 0 amide bonds. The SMILES string of the molecule is O.O.O.O=P([O-])([O-])CN(CCO)CCO.[Na+].[Na+]. The normalized spacial score (nSPS) is 8.76. The van der Waals surface area contributed by atoms with Crippen LogP contribution in [0.25, 0.3) is 0 Å². The molecule has 0 rings (SSSR count). The molecule has 0 heterocycles. The molecule has 9 nitrogen and oxygen atoms in total. The average molecular weight is 297 g/mol. The van der Waals surface area contributed by atoms with E-state index in [9.17, 15) is 14.4 Å².